The first-order chi connectivity index (χ1) is 13.4. The standard InChI is InChI=1S/C21H22FN3O3/c1-24(2)11-4-12-25-18(15-5-3-6-16(22)13-15)17(20(27)21(25)28)19(26)14-7-9-23-10-8-14/h3,5-10,13,18,26H,4,11-12H2,1-2H3/b19-17+/t18-/m1/s1. The van der Waals surface area contributed by atoms with Gasteiger partial charge in [0.15, 0.2) is 0 Å². The molecule has 1 saturated heterocycles. The molecule has 1 fully saturated rings. The number of aromatic nitrogens is 1. The number of Topliss-reactive ketones (excluding diaryl/α,β-unsaturated/α-hetero) is 1. The number of carbonyl (C=O) groups is 2. The smallest absolute Gasteiger partial charge is 0.295 e. The van der Waals surface area contributed by atoms with Gasteiger partial charge in [-0.2, -0.15) is 0 Å². The van der Waals surface area contributed by atoms with E-state index in [4.69, 9.17) is 0 Å². The maximum atomic E-state index is 13.9. The zero-order valence-corrected chi connectivity index (χ0v) is 15.8. The lowest BCUT2D eigenvalue weighted by molar-refractivity contribution is -0.139. The van der Waals surface area contributed by atoms with Crippen LogP contribution in [0.15, 0.2) is 54.4 Å². The van der Waals surface area contributed by atoms with Crippen LogP contribution in [0.1, 0.15) is 23.6 Å². The molecule has 146 valence electrons. The molecule has 6 nitrogen and oxygen atoms in total. The number of hydrogen-bond donors (Lipinski definition) is 1. The molecule has 1 N–H and O–H groups in total. The second-order valence-corrected chi connectivity index (χ2v) is 6.94. The van der Waals surface area contributed by atoms with Gasteiger partial charge < -0.3 is 14.9 Å². The van der Waals surface area contributed by atoms with Crippen molar-refractivity contribution >= 4 is 17.4 Å². The van der Waals surface area contributed by atoms with E-state index in [9.17, 15) is 19.1 Å². The van der Waals surface area contributed by atoms with Gasteiger partial charge in [-0.05, 0) is 56.9 Å². The molecule has 1 atom stereocenters. The van der Waals surface area contributed by atoms with E-state index in [2.05, 4.69) is 4.98 Å². The van der Waals surface area contributed by atoms with Crippen molar-refractivity contribution in [2.45, 2.75) is 12.5 Å². The number of halogens is 1. The number of carbonyl (C=O) groups excluding carboxylic acids is 2. The molecule has 1 amide bonds. The van der Waals surface area contributed by atoms with Crippen molar-refractivity contribution in [3.63, 3.8) is 0 Å². The van der Waals surface area contributed by atoms with Crippen molar-refractivity contribution in [3.05, 3.63) is 71.3 Å². The molecule has 0 saturated carbocycles. The van der Waals surface area contributed by atoms with Gasteiger partial charge in [-0.15, -0.1) is 0 Å². The Morgan fingerprint density at radius 1 is 1.21 bits per heavy atom. The van der Waals surface area contributed by atoms with Crippen molar-refractivity contribution in [2.24, 2.45) is 0 Å². The summed E-state index contributed by atoms with van der Waals surface area (Å²) in [5.41, 5.74) is 0.786. The summed E-state index contributed by atoms with van der Waals surface area (Å²) >= 11 is 0. The van der Waals surface area contributed by atoms with E-state index in [1.165, 1.54) is 35.5 Å². The maximum absolute atomic E-state index is 13.9. The fourth-order valence-corrected chi connectivity index (χ4v) is 3.36. The lowest BCUT2D eigenvalue weighted by Crippen LogP contribution is -2.32. The summed E-state index contributed by atoms with van der Waals surface area (Å²) in [4.78, 5) is 32.8. The van der Waals surface area contributed by atoms with E-state index in [0.29, 0.717) is 24.1 Å². The normalized spacial score (nSPS) is 18.9. The number of likely N-dealkylation sites (tertiary alicyclic amines) is 1. The van der Waals surface area contributed by atoms with E-state index in [0.717, 1.165) is 6.54 Å². The molecule has 0 bridgehead atoms. The van der Waals surface area contributed by atoms with Gasteiger partial charge in [0.1, 0.15) is 11.6 Å². The highest BCUT2D eigenvalue weighted by atomic mass is 19.1. The largest absolute Gasteiger partial charge is 0.507 e. The van der Waals surface area contributed by atoms with Gasteiger partial charge in [0, 0.05) is 24.5 Å². The zero-order valence-electron chi connectivity index (χ0n) is 15.8. The number of aliphatic hydroxyl groups excluding tert-OH is 1. The first kappa shape index (κ1) is 19.7. The molecule has 1 aromatic heterocycles. The van der Waals surface area contributed by atoms with Crippen LogP contribution in [0.5, 0.6) is 0 Å². The molecular formula is C21H22FN3O3. The highest BCUT2D eigenvalue weighted by Gasteiger charge is 2.45. The fourth-order valence-electron chi connectivity index (χ4n) is 3.36. The van der Waals surface area contributed by atoms with Gasteiger partial charge >= 0.3 is 0 Å². The average Bonchev–Trinajstić information content (AvgIpc) is 2.93. The first-order valence-electron chi connectivity index (χ1n) is 8.99. The number of benzene rings is 1. The number of hydrogen-bond acceptors (Lipinski definition) is 5. The summed E-state index contributed by atoms with van der Waals surface area (Å²) in [5, 5.41) is 10.8. The number of pyridine rings is 1. The summed E-state index contributed by atoms with van der Waals surface area (Å²) in [6.45, 7) is 1.04. The molecule has 28 heavy (non-hydrogen) atoms. The molecule has 1 aromatic carbocycles. The minimum absolute atomic E-state index is 0.0355. The highest BCUT2D eigenvalue weighted by Crippen LogP contribution is 2.39. The van der Waals surface area contributed by atoms with Crippen LogP contribution in [-0.4, -0.2) is 58.8 Å². The van der Waals surface area contributed by atoms with E-state index >= 15 is 0 Å². The molecule has 2 aromatic rings. The van der Waals surface area contributed by atoms with Crippen LogP contribution in [-0.2, 0) is 9.59 Å². The van der Waals surface area contributed by atoms with Crippen LogP contribution in [0.25, 0.3) is 5.76 Å². The monoisotopic (exact) mass is 383 g/mol. The molecular weight excluding hydrogens is 361 g/mol. The molecule has 2 heterocycles. The number of aliphatic hydroxyl groups is 1. The second-order valence-electron chi connectivity index (χ2n) is 6.94. The van der Waals surface area contributed by atoms with Crippen LogP contribution in [0, 0.1) is 5.82 Å². The SMILES string of the molecule is CN(C)CCCN1C(=O)C(=O)/C(=C(/O)c2ccncc2)[C@H]1c1cccc(F)c1. The van der Waals surface area contributed by atoms with Crippen molar-refractivity contribution < 1.29 is 19.1 Å². The molecule has 7 heteroatoms. The predicted molar refractivity (Wildman–Crippen MR) is 103 cm³/mol. The van der Waals surface area contributed by atoms with Crippen LogP contribution in [0.4, 0.5) is 4.39 Å². The average molecular weight is 383 g/mol. The van der Waals surface area contributed by atoms with Gasteiger partial charge in [-0.3, -0.25) is 14.6 Å². The molecule has 0 radical (unpaired) electrons. The Labute approximate surface area is 162 Å². The third-order valence-electron chi connectivity index (χ3n) is 4.66. The lowest BCUT2D eigenvalue weighted by Gasteiger charge is -2.26. The van der Waals surface area contributed by atoms with Gasteiger partial charge in [-0.25, -0.2) is 4.39 Å². The molecule has 1 aliphatic heterocycles. The summed E-state index contributed by atoms with van der Waals surface area (Å²) in [6, 6.07) is 8.02. The minimum atomic E-state index is -0.842. The summed E-state index contributed by atoms with van der Waals surface area (Å²) < 4.78 is 13.9. The van der Waals surface area contributed by atoms with Crippen molar-refractivity contribution in [3.8, 4) is 0 Å². The van der Waals surface area contributed by atoms with Crippen LogP contribution >= 0.6 is 0 Å². The van der Waals surface area contributed by atoms with E-state index in [1.54, 1.807) is 18.2 Å². The van der Waals surface area contributed by atoms with Crippen molar-refractivity contribution in [2.75, 3.05) is 27.2 Å². The first-order valence-corrected chi connectivity index (χ1v) is 8.99. The van der Waals surface area contributed by atoms with E-state index in [-0.39, 0.29) is 11.3 Å². The Kier molecular flexibility index (Phi) is 5.84. The summed E-state index contributed by atoms with van der Waals surface area (Å²) in [5.74, 6) is -2.22. The van der Waals surface area contributed by atoms with Gasteiger partial charge in [0.05, 0.1) is 11.6 Å². The van der Waals surface area contributed by atoms with Crippen LogP contribution < -0.4 is 0 Å². The molecule has 3 rings (SSSR count). The maximum Gasteiger partial charge on any atom is 0.295 e. The van der Waals surface area contributed by atoms with E-state index in [1.807, 2.05) is 19.0 Å². The second kappa shape index (κ2) is 8.31. The summed E-state index contributed by atoms with van der Waals surface area (Å²) in [6.07, 6.45) is 3.61. The molecule has 0 unspecified atom stereocenters. The number of nitrogens with zero attached hydrogens (tertiary/aromatic N) is 3. The third-order valence-corrected chi connectivity index (χ3v) is 4.66. The Bertz CT molecular complexity index is 912. The van der Waals surface area contributed by atoms with Gasteiger partial charge in [0.2, 0.25) is 0 Å². The molecule has 0 aliphatic carbocycles. The Balaban J connectivity index is 2.08. The molecule has 0 spiro atoms. The van der Waals surface area contributed by atoms with Crippen LogP contribution in [0.3, 0.4) is 0 Å². The lowest BCUT2D eigenvalue weighted by atomic mass is 9.95. The third kappa shape index (κ3) is 3.94. The number of rotatable bonds is 6. The van der Waals surface area contributed by atoms with Crippen LogP contribution in [0.2, 0.25) is 0 Å². The molecule has 1 aliphatic rings. The van der Waals surface area contributed by atoms with Gasteiger partial charge in [-0.1, -0.05) is 12.1 Å². The topological polar surface area (TPSA) is 73.7 Å². The minimum Gasteiger partial charge on any atom is -0.507 e. The quantitative estimate of drug-likeness (QED) is 0.472. The van der Waals surface area contributed by atoms with Crippen molar-refractivity contribution in [1.82, 2.24) is 14.8 Å². The Morgan fingerprint density at radius 3 is 2.57 bits per heavy atom. The highest BCUT2D eigenvalue weighted by molar-refractivity contribution is 6.46. The zero-order chi connectivity index (χ0) is 20.3. The Hall–Kier alpha value is -3.06. The van der Waals surface area contributed by atoms with Crippen molar-refractivity contribution in [1.29, 1.82) is 0 Å². The number of amides is 1. The summed E-state index contributed by atoms with van der Waals surface area (Å²) in [7, 11) is 3.84. The fraction of sp³-hybridized carbons (Fsp3) is 0.286. The Morgan fingerprint density at radius 2 is 1.93 bits per heavy atom. The van der Waals surface area contributed by atoms with E-state index < -0.39 is 23.5 Å². The predicted octanol–water partition coefficient (Wildman–Crippen LogP) is 2.59. The number of ketones is 1. The van der Waals surface area contributed by atoms with Gasteiger partial charge in [0.25, 0.3) is 11.7 Å².